The third-order valence-electron chi connectivity index (χ3n) is 7.89. The van der Waals surface area contributed by atoms with E-state index < -0.39 is 11.9 Å². The highest BCUT2D eigenvalue weighted by molar-refractivity contribution is 5.94. The van der Waals surface area contributed by atoms with Gasteiger partial charge in [-0.2, -0.15) is 5.10 Å². The minimum atomic E-state index is -0.446. The van der Waals surface area contributed by atoms with Crippen LogP contribution < -0.4 is 10.6 Å². The van der Waals surface area contributed by atoms with Crippen LogP contribution in [-0.4, -0.2) is 62.3 Å². The topological polar surface area (TPSA) is 104 Å². The molecule has 1 fully saturated rings. The summed E-state index contributed by atoms with van der Waals surface area (Å²) in [6.07, 6.45) is 7.02. The molecule has 12 heteroatoms. The van der Waals surface area contributed by atoms with Gasteiger partial charge in [-0.15, -0.1) is 0 Å². The van der Waals surface area contributed by atoms with Gasteiger partial charge in [0.25, 0.3) is 0 Å². The first-order chi connectivity index (χ1) is 19.2. The number of fused-ring (bicyclic) bond motifs is 2. The number of anilines is 1. The monoisotopic (exact) mass is 541 g/mol. The maximum atomic E-state index is 15.7. The molecule has 6 aromatic rings. The van der Waals surface area contributed by atoms with Crippen molar-refractivity contribution in [3.63, 3.8) is 0 Å². The summed E-state index contributed by atoms with van der Waals surface area (Å²) >= 11 is 0. The molecular formula is C28H28FN9O2. The molecule has 1 atom stereocenters. The first-order valence-electron chi connectivity index (χ1n) is 13.0. The average Bonchev–Trinajstić information content (AvgIpc) is 3.75. The molecule has 5 heterocycles. The van der Waals surface area contributed by atoms with Gasteiger partial charge in [-0.1, -0.05) is 0 Å². The van der Waals surface area contributed by atoms with Crippen LogP contribution in [0.5, 0.6) is 0 Å². The summed E-state index contributed by atoms with van der Waals surface area (Å²) in [5.41, 5.74) is 5.91. The van der Waals surface area contributed by atoms with Crippen molar-refractivity contribution in [2.75, 3.05) is 18.0 Å². The van der Waals surface area contributed by atoms with Crippen molar-refractivity contribution >= 4 is 27.8 Å². The van der Waals surface area contributed by atoms with Gasteiger partial charge in [0.15, 0.2) is 5.82 Å². The fraction of sp³-hybridized carbons (Fsp3) is 0.286. The van der Waals surface area contributed by atoms with E-state index in [1.54, 1.807) is 65.9 Å². The molecule has 0 spiro atoms. The highest BCUT2D eigenvalue weighted by atomic mass is 19.1. The number of aromatic nitrogens is 8. The van der Waals surface area contributed by atoms with Gasteiger partial charge < -0.3 is 14.6 Å². The first kappa shape index (κ1) is 24.3. The van der Waals surface area contributed by atoms with Crippen LogP contribution in [0, 0.1) is 5.82 Å². The molecule has 2 aromatic carbocycles. The molecule has 0 amide bonds. The van der Waals surface area contributed by atoms with Gasteiger partial charge in [0.2, 0.25) is 0 Å². The Labute approximate surface area is 227 Å². The van der Waals surface area contributed by atoms with E-state index in [4.69, 9.17) is 4.98 Å². The second kappa shape index (κ2) is 8.65. The van der Waals surface area contributed by atoms with Crippen LogP contribution >= 0.6 is 0 Å². The predicted octanol–water partition coefficient (Wildman–Crippen LogP) is 2.73. The third-order valence-corrected chi connectivity index (χ3v) is 7.89. The minimum absolute atomic E-state index is 0.150. The van der Waals surface area contributed by atoms with Crippen LogP contribution in [0.2, 0.25) is 0 Å². The van der Waals surface area contributed by atoms with Gasteiger partial charge >= 0.3 is 5.69 Å². The average molecular weight is 542 g/mol. The van der Waals surface area contributed by atoms with E-state index in [9.17, 15) is 9.90 Å². The number of hydrogen-bond acceptors (Lipinski definition) is 6. The lowest BCUT2D eigenvalue weighted by atomic mass is 10.1. The fourth-order valence-electron chi connectivity index (χ4n) is 5.83. The molecule has 1 N–H and O–H groups in total. The summed E-state index contributed by atoms with van der Waals surface area (Å²) in [5, 5.41) is 14.5. The van der Waals surface area contributed by atoms with Crippen molar-refractivity contribution in [1.82, 2.24) is 38.0 Å². The van der Waals surface area contributed by atoms with Gasteiger partial charge in [0, 0.05) is 64.7 Å². The van der Waals surface area contributed by atoms with Crippen molar-refractivity contribution in [1.29, 1.82) is 0 Å². The maximum Gasteiger partial charge on any atom is 0.328 e. The molecule has 4 aromatic heterocycles. The number of hydrogen-bond donors (Lipinski definition) is 1. The van der Waals surface area contributed by atoms with E-state index in [1.165, 1.54) is 6.07 Å². The summed E-state index contributed by atoms with van der Waals surface area (Å²) in [6, 6.07) is 7.17. The molecule has 1 unspecified atom stereocenters. The standard InChI is InChI=1S/C28H28FN9O2/c1-33-15-30-12-25(33)27-32-21-9-19(16-11-31-34(2)13-16)20(29)10-22(21)38(27)17-7-23-26(36(4)28(40)35(23)3)24(8-17)37-6-5-18(39)14-37/h7-13,15,18,39H,5-6,14H2,1-4H3. The second-order valence-corrected chi connectivity index (χ2v) is 10.5. The molecular weight excluding hydrogens is 513 g/mol. The van der Waals surface area contributed by atoms with Crippen molar-refractivity contribution in [2.45, 2.75) is 12.5 Å². The van der Waals surface area contributed by atoms with E-state index in [0.717, 1.165) is 28.1 Å². The van der Waals surface area contributed by atoms with Crippen LogP contribution in [0.4, 0.5) is 10.1 Å². The predicted molar refractivity (Wildman–Crippen MR) is 150 cm³/mol. The summed E-state index contributed by atoms with van der Waals surface area (Å²) in [7, 11) is 7.17. The number of halogens is 1. The van der Waals surface area contributed by atoms with E-state index in [2.05, 4.69) is 15.0 Å². The van der Waals surface area contributed by atoms with Crippen LogP contribution in [0.25, 0.3) is 50.4 Å². The molecule has 1 saturated heterocycles. The molecule has 11 nitrogen and oxygen atoms in total. The number of aliphatic hydroxyl groups is 1. The Bertz CT molecular complexity index is 2010. The Hall–Kier alpha value is -4.71. The van der Waals surface area contributed by atoms with Crippen molar-refractivity contribution in [3.05, 3.63) is 65.5 Å². The number of imidazole rings is 3. The Morgan fingerprint density at radius 3 is 2.52 bits per heavy atom. The van der Waals surface area contributed by atoms with Crippen molar-refractivity contribution < 1.29 is 9.50 Å². The van der Waals surface area contributed by atoms with E-state index in [-0.39, 0.29) is 5.69 Å². The van der Waals surface area contributed by atoms with Gasteiger partial charge in [-0.3, -0.25) is 18.4 Å². The highest BCUT2D eigenvalue weighted by Crippen LogP contribution is 2.37. The van der Waals surface area contributed by atoms with Crippen molar-refractivity contribution in [2.24, 2.45) is 28.2 Å². The smallest absolute Gasteiger partial charge is 0.328 e. The Morgan fingerprint density at radius 1 is 1.02 bits per heavy atom. The normalized spacial score (nSPS) is 15.8. The summed E-state index contributed by atoms with van der Waals surface area (Å²) in [6.45, 7) is 1.12. The SMILES string of the molecule is Cn1cc(-c2cc3nc(-c4cncn4C)n(-c4cc(N5CCC(O)C5)c5c(c4)n(C)c(=O)n5C)c3cc2F)cn1. The quantitative estimate of drug-likeness (QED) is 0.368. The largest absolute Gasteiger partial charge is 0.391 e. The zero-order valence-electron chi connectivity index (χ0n) is 22.6. The Balaban J connectivity index is 1.55. The number of nitrogens with zero attached hydrogens (tertiary/aromatic N) is 9. The van der Waals surface area contributed by atoms with Gasteiger partial charge in [-0.05, 0) is 24.6 Å². The number of β-amino-alcohol motifs (C(OH)–C–C–N with tert-alkyl or cyclic N) is 1. The lowest BCUT2D eigenvalue weighted by Crippen LogP contribution is -2.23. The summed E-state index contributed by atoms with van der Waals surface area (Å²) in [5.74, 6) is 0.194. The summed E-state index contributed by atoms with van der Waals surface area (Å²) in [4.78, 5) is 24.4. The van der Waals surface area contributed by atoms with Gasteiger partial charge in [0.05, 0.1) is 58.3 Å². The molecule has 1 aliphatic rings. The number of aliphatic hydroxyl groups excluding tert-OH is 1. The van der Waals surface area contributed by atoms with Crippen LogP contribution in [-0.2, 0) is 28.2 Å². The summed E-state index contributed by atoms with van der Waals surface area (Å²) < 4.78 is 24.4. The lowest BCUT2D eigenvalue weighted by Gasteiger charge is -2.21. The highest BCUT2D eigenvalue weighted by Gasteiger charge is 2.27. The van der Waals surface area contributed by atoms with Crippen molar-refractivity contribution in [3.8, 4) is 28.3 Å². The zero-order valence-corrected chi connectivity index (χ0v) is 22.6. The van der Waals surface area contributed by atoms with Crippen LogP contribution in [0.3, 0.4) is 0 Å². The van der Waals surface area contributed by atoms with Gasteiger partial charge in [0.1, 0.15) is 11.5 Å². The zero-order chi connectivity index (χ0) is 27.9. The molecule has 40 heavy (non-hydrogen) atoms. The maximum absolute atomic E-state index is 15.7. The van der Waals surface area contributed by atoms with Crippen LogP contribution in [0.15, 0.2) is 54.0 Å². The van der Waals surface area contributed by atoms with E-state index in [0.29, 0.717) is 47.5 Å². The minimum Gasteiger partial charge on any atom is -0.391 e. The van der Waals surface area contributed by atoms with Crippen LogP contribution in [0.1, 0.15) is 6.42 Å². The van der Waals surface area contributed by atoms with E-state index >= 15 is 4.39 Å². The third kappa shape index (κ3) is 3.52. The molecule has 0 bridgehead atoms. The Kier molecular flexibility index (Phi) is 5.26. The molecule has 1 aliphatic heterocycles. The molecule has 7 rings (SSSR count). The van der Waals surface area contributed by atoms with Gasteiger partial charge in [-0.25, -0.2) is 19.2 Å². The number of aryl methyl sites for hydroxylation is 4. The number of benzene rings is 2. The molecule has 0 aliphatic carbocycles. The second-order valence-electron chi connectivity index (χ2n) is 10.5. The fourth-order valence-corrected chi connectivity index (χ4v) is 5.83. The Morgan fingerprint density at radius 2 is 1.85 bits per heavy atom. The molecule has 204 valence electrons. The van der Waals surface area contributed by atoms with E-state index in [1.807, 2.05) is 28.3 Å². The molecule has 0 radical (unpaired) electrons. The number of rotatable bonds is 4. The first-order valence-corrected chi connectivity index (χ1v) is 13.0. The lowest BCUT2D eigenvalue weighted by molar-refractivity contribution is 0.198. The molecule has 0 saturated carbocycles.